The van der Waals surface area contributed by atoms with E-state index in [0.29, 0.717) is 24.6 Å². The van der Waals surface area contributed by atoms with Gasteiger partial charge in [0.15, 0.2) is 0 Å². The van der Waals surface area contributed by atoms with Crippen molar-refractivity contribution in [1.29, 1.82) is 0 Å². The second kappa shape index (κ2) is 8.07. The van der Waals surface area contributed by atoms with Crippen LogP contribution in [0, 0.1) is 27.7 Å². The van der Waals surface area contributed by atoms with Gasteiger partial charge in [-0.1, -0.05) is 6.92 Å². The van der Waals surface area contributed by atoms with E-state index in [1.807, 2.05) is 40.7 Å². The number of aryl methyl sites for hydroxylation is 3. The highest BCUT2D eigenvalue weighted by atomic mass is 16.4. The van der Waals surface area contributed by atoms with Gasteiger partial charge >= 0.3 is 5.97 Å². The Bertz CT molecular complexity index is 808. The number of carboxylic acid groups (broad SMARTS) is 1. The summed E-state index contributed by atoms with van der Waals surface area (Å²) in [5.41, 5.74) is 3.96. The predicted molar refractivity (Wildman–Crippen MR) is 96.3 cm³/mol. The van der Waals surface area contributed by atoms with Crippen LogP contribution in [0.3, 0.4) is 0 Å². The van der Waals surface area contributed by atoms with Gasteiger partial charge in [0.05, 0.1) is 12.1 Å². The molecule has 0 aliphatic heterocycles. The van der Waals surface area contributed by atoms with Crippen molar-refractivity contribution in [3.05, 3.63) is 34.4 Å². The molecule has 0 radical (unpaired) electrons. The molecule has 0 fully saturated rings. The molecule has 8 nitrogen and oxygen atoms in total. The fraction of sp³-hybridized carbons (Fsp3) is 0.500. The summed E-state index contributed by atoms with van der Waals surface area (Å²) < 4.78 is 1.64. The monoisotopic (exact) mass is 359 g/mol. The van der Waals surface area contributed by atoms with Crippen LogP contribution in [0.4, 0.5) is 0 Å². The SMILES string of the molecule is CCCN(CC(=O)O)C(=O)Cc1c(C)nn(-c2nc(C)cc(C)n2)c1C. The summed E-state index contributed by atoms with van der Waals surface area (Å²) in [6, 6.07) is 1.88. The first-order chi connectivity index (χ1) is 12.2. The van der Waals surface area contributed by atoms with Crippen molar-refractivity contribution >= 4 is 11.9 Å². The molecule has 0 saturated heterocycles. The van der Waals surface area contributed by atoms with E-state index in [1.165, 1.54) is 4.90 Å². The Morgan fingerprint density at radius 1 is 1.15 bits per heavy atom. The van der Waals surface area contributed by atoms with Crippen LogP contribution in [-0.2, 0) is 16.0 Å². The second-order valence-electron chi connectivity index (χ2n) is 6.40. The van der Waals surface area contributed by atoms with E-state index in [-0.39, 0.29) is 18.9 Å². The Morgan fingerprint density at radius 2 is 1.77 bits per heavy atom. The van der Waals surface area contributed by atoms with Gasteiger partial charge in [-0.25, -0.2) is 14.6 Å². The number of aromatic nitrogens is 4. The normalized spacial score (nSPS) is 10.8. The van der Waals surface area contributed by atoms with E-state index in [1.54, 1.807) is 4.68 Å². The third-order valence-corrected chi connectivity index (χ3v) is 4.10. The van der Waals surface area contributed by atoms with Gasteiger partial charge in [-0.05, 0) is 40.2 Å². The Kier molecular flexibility index (Phi) is 6.07. The lowest BCUT2D eigenvalue weighted by Gasteiger charge is -2.20. The lowest BCUT2D eigenvalue weighted by Crippen LogP contribution is -2.37. The van der Waals surface area contributed by atoms with Gasteiger partial charge in [0.2, 0.25) is 5.91 Å². The van der Waals surface area contributed by atoms with Gasteiger partial charge in [0.1, 0.15) is 6.54 Å². The maximum Gasteiger partial charge on any atom is 0.323 e. The fourth-order valence-corrected chi connectivity index (χ4v) is 2.92. The Labute approximate surface area is 152 Å². The topological polar surface area (TPSA) is 101 Å². The highest BCUT2D eigenvalue weighted by molar-refractivity contribution is 5.83. The number of nitrogens with zero attached hydrogens (tertiary/aromatic N) is 5. The van der Waals surface area contributed by atoms with Crippen LogP contribution in [0.25, 0.3) is 5.95 Å². The average Bonchev–Trinajstić information content (AvgIpc) is 2.81. The molecular formula is C18H25N5O3. The summed E-state index contributed by atoms with van der Waals surface area (Å²) in [5.74, 6) is -0.765. The van der Waals surface area contributed by atoms with Crippen molar-refractivity contribution in [1.82, 2.24) is 24.6 Å². The first-order valence-corrected chi connectivity index (χ1v) is 8.60. The number of aliphatic carboxylic acids is 1. The molecule has 1 N–H and O–H groups in total. The minimum absolute atomic E-state index is 0.107. The van der Waals surface area contributed by atoms with Crippen LogP contribution in [0.1, 0.15) is 41.7 Å². The third-order valence-electron chi connectivity index (χ3n) is 4.10. The summed E-state index contributed by atoms with van der Waals surface area (Å²) in [7, 11) is 0. The highest BCUT2D eigenvalue weighted by Crippen LogP contribution is 2.18. The number of hydrogen-bond donors (Lipinski definition) is 1. The van der Waals surface area contributed by atoms with Crippen molar-refractivity contribution in [3.63, 3.8) is 0 Å². The molecule has 0 spiro atoms. The number of carbonyl (C=O) groups is 2. The fourth-order valence-electron chi connectivity index (χ4n) is 2.92. The van der Waals surface area contributed by atoms with E-state index < -0.39 is 5.97 Å². The second-order valence-corrected chi connectivity index (χ2v) is 6.40. The molecule has 2 rings (SSSR count). The lowest BCUT2D eigenvalue weighted by atomic mass is 10.1. The van der Waals surface area contributed by atoms with Crippen molar-refractivity contribution in [2.24, 2.45) is 0 Å². The van der Waals surface area contributed by atoms with Gasteiger partial charge in [0.25, 0.3) is 5.95 Å². The van der Waals surface area contributed by atoms with Gasteiger partial charge in [-0.3, -0.25) is 9.59 Å². The highest BCUT2D eigenvalue weighted by Gasteiger charge is 2.21. The first-order valence-electron chi connectivity index (χ1n) is 8.60. The standard InChI is InChI=1S/C18H25N5O3/c1-6-7-22(10-17(25)26)16(24)9-15-13(4)21-23(14(15)5)18-19-11(2)8-12(3)20-18/h8H,6-7,9-10H2,1-5H3,(H,25,26). The van der Waals surface area contributed by atoms with Crippen molar-refractivity contribution in [2.75, 3.05) is 13.1 Å². The maximum atomic E-state index is 12.6. The Balaban J connectivity index is 2.32. The quantitative estimate of drug-likeness (QED) is 0.808. The Morgan fingerprint density at radius 3 is 2.31 bits per heavy atom. The van der Waals surface area contributed by atoms with Gasteiger partial charge in [-0.15, -0.1) is 0 Å². The minimum atomic E-state index is -1.01. The van der Waals surface area contributed by atoms with Crippen LogP contribution >= 0.6 is 0 Å². The van der Waals surface area contributed by atoms with Crippen LogP contribution in [0.15, 0.2) is 6.07 Å². The molecule has 0 aliphatic rings. The summed E-state index contributed by atoms with van der Waals surface area (Å²) >= 11 is 0. The molecule has 8 heteroatoms. The number of carbonyl (C=O) groups excluding carboxylic acids is 1. The number of carboxylic acids is 1. The zero-order chi connectivity index (χ0) is 19.4. The summed E-state index contributed by atoms with van der Waals surface area (Å²) in [6.45, 7) is 9.51. The molecule has 26 heavy (non-hydrogen) atoms. The minimum Gasteiger partial charge on any atom is -0.480 e. The van der Waals surface area contributed by atoms with Crippen molar-refractivity contribution in [2.45, 2.75) is 47.5 Å². The van der Waals surface area contributed by atoms with Gasteiger partial charge in [0, 0.05) is 29.2 Å². The zero-order valence-corrected chi connectivity index (χ0v) is 15.9. The number of rotatable bonds is 7. The molecule has 0 atom stereocenters. The molecule has 0 aliphatic carbocycles. The maximum absolute atomic E-state index is 12.6. The van der Waals surface area contributed by atoms with Gasteiger partial charge in [-0.2, -0.15) is 5.10 Å². The smallest absolute Gasteiger partial charge is 0.323 e. The largest absolute Gasteiger partial charge is 0.480 e. The van der Waals surface area contributed by atoms with Crippen molar-refractivity contribution < 1.29 is 14.7 Å². The van der Waals surface area contributed by atoms with E-state index >= 15 is 0 Å². The predicted octanol–water partition coefficient (Wildman–Crippen LogP) is 1.76. The van der Waals surface area contributed by atoms with Crippen LogP contribution in [-0.4, -0.2) is 54.7 Å². The zero-order valence-electron chi connectivity index (χ0n) is 15.9. The van der Waals surface area contributed by atoms with Crippen LogP contribution in [0.5, 0.6) is 0 Å². The molecule has 1 amide bonds. The molecule has 0 unspecified atom stereocenters. The average molecular weight is 359 g/mol. The van der Waals surface area contributed by atoms with Gasteiger partial charge < -0.3 is 10.0 Å². The molecule has 0 saturated carbocycles. The first kappa shape index (κ1) is 19.6. The van der Waals surface area contributed by atoms with Crippen molar-refractivity contribution in [3.8, 4) is 5.95 Å². The summed E-state index contributed by atoms with van der Waals surface area (Å²) in [5, 5.41) is 13.5. The molecule has 2 aromatic heterocycles. The number of amides is 1. The number of hydrogen-bond acceptors (Lipinski definition) is 5. The van der Waals surface area contributed by atoms with Crippen LogP contribution < -0.4 is 0 Å². The molecule has 140 valence electrons. The molecule has 2 heterocycles. The summed E-state index contributed by atoms with van der Waals surface area (Å²) in [6.07, 6.45) is 0.808. The molecule has 0 aromatic carbocycles. The van der Waals surface area contributed by atoms with E-state index in [9.17, 15) is 9.59 Å². The summed E-state index contributed by atoms with van der Waals surface area (Å²) in [4.78, 5) is 33.8. The Hall–Kier alpha value is -2.77. The van der Waals surface area contributed by atoms with E-state index in [2.05, 4.69) is 15.1 Å². The third kappa shape index (κ3) is 4.44. The van der Waals surface area contributed by atoms with E-state index in [0.717, 1.165) is 22.6 Å². The molecular weight excluding hydrogens is 334 g/mol. The van der Waals surface area contributed by atoms with Crippen LogP contribution in [0.2, 0.25) is 0 Å². The van der Waals surface area contributed by atoms with E-state index in [4.69, 9.17) is 5.11 Å². The molecule has 0 bridgehead atoms. The lowest BCUT2D eigenvalue weighted by molar-refractivity contribution is -0.144. The molecule has 2 aromatic rings.